The zero-order chi connectivity index (χ0) is 29.6. The van der Waals surface area contributed by atoms with Gasteiger partial charge in [0.15, 0.2) is 0 Å². The molecule has 0 aromatic heterocycles. The minimum absolute atomic E-state index is 0.135. The van der Waals surface area contributed by atoms with Crippen LogP contribution in [0.15, 0.2) is 35.9 Å². The van der Waals surface area contributed by atoms with Gasteiger partial charge >= 0.3 is 0 Å². The van der Waals surface area contributed by atoms with E-state index in [4.69, 9.17) is 0 Å². The quantitative estimate of drug-likeness (QED) is 0.173. The molecule has 42 heavy (non-hydrogen) atoms. The van der Waals surface area contributed by atoms with Crippen LogP contribution in [0.1, 0.15) is 132 Å². The molecule has 0 spiro atoms. The molecule has 0 bridgehead atoms. The molecule has 8 atom stereocenters. The number of carbonyl (C=O) groups is 2. The van der Waals surface area contributed by atoms with Crippen LogP contribution in [-0.4, -0.2) is 35.8 Å². The third-order valence-electron chi connectivity index (χ3n) is 13.2. The maximum atomic E-state index is 12.7. The van der Waals surface area contributed by atoms with Crippen LogP contribution in [0.5, 0.6) is 0 Å². The van der Waals surface area contributed by atoms with Crippen molar-refractivity contribution in [2.24, 2.45) is 46.3 Å². The molecule has 1 aromatic rings. The van der Waals surface area contributed by atoms with Gasteiger partial charge < -0.3 is 5.32 Å². The summed E-state index contributed by atoms with van der Waals surface area (Å²) >= 11 is 0. The summed E-state index contributed by atoms with van der Waals surface area (Å²) in [6, 6.07) is 7.71. The van der Waals surface area contributed by atoms with Crippen molar-refractivity contribution in [3.8, 4) is 0 Å². The van der Waals surface area contributed by atoms with E-state index in [9.17, 15) is 9.59 Å². The zero-order valence-electron chi connectivity index (χ0n) is 27.1. The average molecular weight is 573 g/mol. The number of carbonyl (C=O) groups excluding carboxylic acids is 2. The van der Waals surface area contributed by atoms with Gasteiger partial charge in [0.25, 0.3) is 11.8 Å². The molecule has 3 saturated carbocycles. The Balaban J connectivity index is 1.02. The molecular weight excluding hydrogens is 516 g/mol. The van der Waals surface area contributed by atoms with E-state index in [1.807, 2.05) is 12.1 Å². The Bertz CT molecular complexity index is 1170. The molecule has 6 rings (SSSR count). The summed E-state index contributed by atoms with van der Waals surface area (Å²) in [6.07, 6.45) is 18.5. The van der Waals surface area contributed by atoms with Gasteiger partial charge in [0.2, 0.25) is 0 Å². The molecule has 1 aliphatic heterocycles. The summed E-state index contributed by atoms with van der Waals surface area (Å²) in [7, 11) is 0. The topological polar surface area (TPSA) is 49.4 Å². The molecule has 2 amide bonds. The molecule has 4 heteroatoms. The Morgan fingerprint density at radius 3 is 2.36 bits per heavy atom. The summed E-state index contributed by atoms with van der Waals surface area (Å²) < 4.78 is 0. The number of fused-ring (bicyclic) bond motifs is 6. The predicted molar refractivity (Wildman–Crippen MR) is 171 cm³/mol. The maximum absolute atomic E-state index is 12.7. The van der Waals surface area contributed by atoms with Crippen LogP contribution < -0.4 is 5.32 Å². The summed E-state index contributed by atoms with van der Waals surface area (Å²) in [5.41, 5.74) is 3.77. The number of nitrogens with zero attached hydrogens (tertiary/aromatic N) is 1. The highest BCUT2D eigenvalue weighted by Crippen LogP contribution is 2.67. The number of hydrogen-bond donors (Lipinski definition) is 1. The first kappa shape index (κ1) is 30.1. The zero-order valence-corrected chi connectivity index (χ0v) is 27.1. The minimum atomic E-state index is -0.135. The first-order valence-corrected chi connectivity index (χ1v) is 17.5. The molecule has 4 aliphatic carbocycles. The fourth-order valence-electron chi connectivity index (χ4n) is 10.8. The lowest BCUT2D eigenvalue weighted by Crippen LogP contribution is -2.51. The van der Waals surface area contributed by atoms with Crippen LogP contribution in [-0.2, 0) is 0 Å². The fourth-order valence-corrected chi connectivity index (χ4v) is 10.8. The molecule has 230 valence electrons. The summed E-state index contributed by atoms with van der Waals surface area (Å²) in [4.78, 5) is 26.8. The molecule has 3 fully saturated rings. The number of hydrogen-bond acceptors (Lipinski definition) is 3. The second-order valence-corrected chi connectivity index (χ2v) is 15.8. The summed E-state index contributed by atoms with van der Waals surface area (Å²) in [5.74, 6) is 5.02. The van der Waals surface area contributed by atoms with E-state index in [1.165, 1.54) is 75.5 Å². The highest BCUT2D eigenvalue weighted by Gasteiger charge is 2.59. The Labute approximate surface area is 255 Å². The molecule has 1 aromatic carbocycles. The van der Waals surface area contributed by atoms with Crippen LogP contribution >= 0.6 is 0 Å². The lowest BCUT2D eigenvalue weighted by atomic mass is 9.47. The van der Waals surface area contributed by atoms with Crippen molar-refractivity contribution in [2.75, 3.05) is 13.1 Å². The number of benzene rings is 1. The van der Waals surface area contributed by atoms with E-state index in [0.29, 0.717) is 34.5 Å². The number of amides is 2. The second kappa shape index (κ2) is 11.9. The van der Waals surface area contributed by atoms with Crippen molar-refractivity contribution >= 4 is 11.8 Å². The molecule has 1 N–H and O–H groups in total. The molecule has 1 heterocycles. The Morgan fingerprint density at radius 1 is 0.905 bits per heavy atom. The predicted octanol–water partition coefficient (Wildman–Crippen LogP) is 8.67. The SMILES string of the molecule is CC(C)CCC[C@@H](C)[C@H]1CCC2C3CC=C4C[C@@H](NCCCN5C(=O)c6ccccc6C5=O)CC[C@]4(C)C3CC[C@@]21C. The first-order chi connectivity index (χ1) is 20.1. The lowest BCUT2D eigenvalue weighted by molar-refractivity contribution is -0.0515. The normalized spacial score (nSPS) is 36.4. The second-order valence-electron chi connectivity index (χ2n) is 15.8. The monoisotopic (exact) mass is 572 g/mol. The van der Waals surface area contributed by atoms with E-state index >= 15 is 0 Å². The van der Waals surface area contributed by atoms with E-state index in [1.54, 1.807) is 17.7 Å². The van der Waals surface area contributed by atoms with Crippen LogP contribution in [0.4, 0.5) is 0 Å². The minimum Gasteiger partial charge on any atom is -0.314 e. The van der Waals surface area contributed by atoms with Gasteiger partial charge in [0.1, 0.15) is 0 Å². The van der Waals surface area contributed by atoms with Gasteiger partial charge in [-0.15, -0.1) is 0 Å². The molecule has 3 unspecified atom stereocenters. The standard InChI is InChI=1S/C38H56N2O2/c1-25(2)10-8-11-26(3)32-16-17-33-31-15-14-27-24-28(18-20-37(27,4)34(31)19-21-38(32,33)5)39-22-9-23-40-35(41)29-12-6-7-13-30(29)36(40)42/h6-7,12-14,25-26,28,31-34,39H,8-11,15-24H2,1-5H3/t26-,28+,31?,32-,33?,34?,37+,38-/m1/s1. The van der Waals surface area contributed by atoms with E-state index in [0.717, 1.165) is 48.5 Å². The van der Waals surface area contributed by atoms with E-state index < -0.39 is 0 Å². The first-order valence-electron chi connectivity index (χ1n) is 17.5. The molecule has 5 aliphatic rings. The van der Waals surface area contributed by atoms with Crippen molar-refractivity contribution in [1.82, 2.24) is 10.2 Å². The largest absolute Gasteiger partial charge is 0.314 e. The van der Waals surface area contributed by atoms with Gasteiger partial charge in [0, 0.05) is 12.6 Å². The summed E-state index contributed by atoms with van der Waals surface area (Å²) in [6.45, 7) is 14.0. The molecule has 0 saturated heterocycles. The number of nitrogens with one attached hydrogen (secondary N) is 1. The van der Waals surface area contributed by atoms with Crippen LogP contribution in [0.25, 0.3) is 0 Å². The number of imide groups is 1. The Morgan fingerprint density at radius 2 is 1.64 bits per heavy atom. The Hall–Kier alpha value is -1.94. The van der Waals surface area contributed by atoms with Crippen molar-refractivity contribution in [3.05, 3.63) is 47.0 Å². The molecular formula is C38H56N2O2. The van der Waals surface area contributed by atoms with Crippen LogP contribution in [0, 0.1) is 46.3 Å². The number of allylic oxidation sites excluding steroid dienone is 1. The van der Waals surface area contributed by atoms with Crippen molar-refractivity contribution in [1.29, 1.82) is 0 Å². The third kappa shape index (κ3) is 5.22. The van der Waals surface area contributed by atoms with Gasteiger partial charge in [-0.05, 0) is 123 Å². The number of rotatable bonds is 10. The van der Waals surface area contributed by atoms with E-state index in [2.05, 4.69) is 46.0 Å². The van der Waals surface area contributed by atoms with Gasteiger partial charge in [0.05, 0.1) is 11.1 Å². The van der Waals surface area contributed by atoms with Crippen molar-refractivity contribution in [2.45, 2.75) is 118 Å². The maximum Gasteiger partial charge on any atom is 0.261 e. The van der Waals surface area contributed by atoms with Gasteiger partial charge in [-0.1, -0.05) is 77.7 Å². The van der Waals surface area contributed by atoms with E-state index in [-0.39, 0.29) is 11.8 Å². The van der Waals surface area contributed by atoms with Crippen LogP contribution in [0.2, 0.25) is 0 Å². The van der Waals surface area contributed by atoms with Gasteiger partial charge in [-0.2, -0.15) is 0 Å². The van der Waals surface area contributed by atoms with Crippen LogP contribution in [0.3, 0.4) is 0 Å². The smallest absolute Gasteiger partial charge is 0.261 e. The Kier molecular flexibility index (Phi) is 8.50. The molecule has 4 nitrogen and oxygen atoms in total. The fraction of sp³-hybridized carbons (Fsp3) is 0.737. The summed E-state index contributed by atoms with van der Waals surface area (Å²) in [5, 5.41) is 3.81. The highest BCUT2D eigenvalue weighted by atomic mass is 16.2. The average Bonchev–Trinajstić information content (AvgIpc) is 3.44. The van der Waals surface area contributed by atoms with Crippen molar-refractivity contribution < 1.29 is 9.59 Å². The van der Waals surface area contributed by atoms with Crippen molar-refractivity contribution in [3.63, 3.8) is 0 Å². The lowest BCUT2D eigenvalue weighted by Gasteiger charge is -2.58. The third-order valence-corrected chi connectivity index (χ3v) is 13.2. The van der Waals surface area contributed by atoms with Gasteiger partial charge in [-0.25, -0.2) is 0 Å². The molecule has 0 radical (unpaired) electrons. The highest BCUT2D eigenvalue weighted by molar-refractivity contribution is 6.21. The van der Waals surface area contributed by atoms with Gasteiger partial charge in [-0.3, -0.25) is 14.5 Å².